The average molecular weight is 386 g/mol. The van der Waals surface area contributed by atoms with Crippen LogP contribution in [-0.4, -0.2) is 29.9 Å². The molecule has 0 atom stereocenters. The molecule has 0 spiro atoms. The van der Waals surface area contributed by atoms with Gasteiger partial charge in [0.05, 0.1) is 25.6 Å². The third kappa shape index (κ3) is 3.61. The molecule has 140 valence electrons. The summed E-state index contributed by atoms with van der Waals surface area (Å²) in [6, 6.07) is 12.9. The first-order valence-corrected chi connectivity index (χ1v) is 8.68. The van der Waals surface area contributed by atoms with E-state index < -0.39 is 0 Å². The van der Waals surface area contributed by atoms with Crippen LogP contribution in [0.3, 0.4) is 0 Å². The second-order valence-electron chi connectivity index (χ2n) is 5.97. The van der Waals surface area contributed by atoms with Gasteiger partial charge in [0.1, 0.15) is 10.7 Å². The van der Waals surface area contributed by atoms with Crippen LogP contribution in [0, 0.1) is 13.8 Å². The van der Waals surface area contributed by atoms with Crippen LogP contribution in [0.1, 0.15) is 21.6 Å². The molecule has 27 heavy (non-hydrogen) atoms. The van der Waals surface area contributed by atoms with Gasteiger partial charge in [-0.15, -0.1) is 0 Å². The summed E-state index contributed by atoms with van der Waals surface area (Å²) in [4.78, 5) is 12.9. The van der Waals surface area contributed by atoms with Crippen LogP contribution in [0.25, 0.3) is 5.69 Å². The number of anilines is 1. The van der Waals surface area contributed by atoms with Gasteiger partial charge in [-0.3, -0.25) is 4.79 Å². The topological polar surface area (TPSA) is 65.4 Å². The number of nitrogens with one attached hydrogen (secondary N) is 1. The molecule has 3 rings (SSSR count). The second kappa shape index (κ2) is 7.72. The molecule has 0 bridgehead atoms. The van der Waals surface area contributed by atoms with Gasteiger partial charge in [-0.2, -0.15) is 5.10 Å². The zero-order valence-electron chi connectivity index (χ0n) is 15.5. The molecule has 1 aromatic heterocycles. The van der Waals surface area contributed by atoms with Crippen molar-refractivity contribution < 1.29 is 14.3 Å². The third-order valence-electron chi connectivity index (χ3n) is 4.21. The van der Waals surface area contributed by atoms with Gasteiger partial charge in [0.15, 0.2) is 11.5 Å². The van der Waals surface area contributed by atoms with Crippen molar-refractivity contribution in [3.63, 3.8) is 0 Å². The molecular formula is C20H20ClN3O3. The van der Waals surface area contributed by atoms with E-state index >= 15 is 0 Å². The zero-order chi connectivity index (χ0) is 19.6. The number of amides is 1. The molecule has 0 fully saturated rings. The highest BCUT2D eigenvalue weighted by Crippen LogP contribution is 2.33. The maximum absolute atomic E-state index is 12.9. The minimum Gasteiger partial charge on any atom is -0.493 e. The van der Waals surface area contributed by atoms with E-state index in [0.29, 0.717) is 28.4 Å². The molecule has 0 unspecified atom stereocenters. The Labute approximate surface area is 162 Å². The molecule has 0 radical (unpaired) electrons. The van der Waals surface area contributed by atoms with Gasteiger partial charge in [-0.25, -0.2) is 4.68 Å². The number of methoxy groups -OCH3 is 2. The van der Waals surface area contributed by atoms with Gasteiger partial charge < -0.3 is 14.8 Å². The highest BCUT2D eigenvalue weighted by atomic mass is 35.5. The number of carbonyl (C=O) groups is 1. The maximum atomic E-state index is 12.9. The monoisotopic (exact) mass is 385 g/mol. The molecular weight excluding hydrogens is 366 g/mol. The first kappa shape index (κ1) is 18.8. The minimum absolute atomic E-state index is 0.259. The fraction of sp³-hybridized carbons (Fsp3) is 0.200. The molecule has 0 aliphatic carbocycles. The molecule has 6 nitrogen and oxygen atoms in total. The van der Waals surface area contributed by atoms with Gasteiger partial charge in [-0.05, 0) is 37.6 Å². The van der Waals surface area contributed by atoms with E-state index in [1.54, 1.807) is 38.0 Å². The number of para-hydroxylation sites is 1. The lowest BCUT2D eigenvalue weighted by Gasteiger charge is -2.13. The summed E-state index contributed by atoms with van der Waals surface area (Å²) >= 11 is 6.47. The Morgan fingerprint density at radius 1 is 1.07 bits per heavy atom. The van der Waals surface area contributed by atoms with E-state index in [4.69, 9.17) is 21.1 Å². The Balaban J connectivity index is 1.95. The molecule has 0 aliphatic heterocycles. The van der Waals surface area contributed by atoms with Crippen LogP contribution in [0.4, 0.5) is 5.69 Å². The summed E-state index contributed by atoms with van der Waals surface area (Å²) in [5.74, 6) is 0.787. The van der Waals surface area contributed by atoms with Crippen molar-refractivity contribution in [2.45, 2.75) is 13.8 Å². The van der Waals surface area contributed by atoms with Crippen molar-refractivity contribution in [3.8, 4) is 17.2 Å². The molecule has 2 aromatic carbocycles. The summed E-state index contributed by atoms with van der Waals surface area (Å²) in [5.41, 5.74) is 3.10. The van der Waals surface area contributed by atoms with Crippen molar-refractivity contribution in [2.75, 3.05) is 19.5 Å². The molecule has 1 N–H and O–H groups in total. The van der Waals surface area contributed by atoms with Gasteiger partial charge >= 0.3 is 0 Å². The van der Waals surface area contributed by atoms with Crippen LogP contribution < -0.4 is 14.8 Å². The fourth-order valence-electron chi connectivity index (χ4n) is 2.80. The van der Waals surface area contributed by atoms with E-state index in [1.807, 2.05) is 37.3 Å². The van der Waals surface area contributed by atoms with Crippen molar-refractivity contribution in [2.24, 2.45) is 0 Å². The van der Waals surface area contributed by atoms with Crippen molar-refractivity contribution in [1.82, 2.24) is 9.78 Å². The normalized spacial score (nSPS) is 10.6. The van der Waals surface area contributed by atoms with Crippen molar-refractivity contribution >= 4 is 23.2 Å². The number of hydrogen-bond donors (Lipinski definition) is 1. The summed E-state index contributed by atoms with van der Waals surface area (Å²) in [6.45, 7) is 3.63. The first-order valence-electron chi connectivity index (χ1n) is 8.30. The SMILES string of the molecule is COc1cc(C)c(NC(=O)c2c(C)nn(-c3ccccc3)c2Cl)cc1OC. The Morgan fingerprint density at radius 3 is 2.33 bits per heavy atom. The number of benzene rings is 2. The van der Waals surface area contributed by atoms with Crippen LogP contribution in [0.15, 0.2) is 42.5 Å². The molecule has 0 saturated heterocycles. The van der Waals surface area contributed by atoms with Crippen LogP contribution >= 0.6 is 11.6 Å². The van der Waals surface area contributed by atoms with Gasteiger partial charge in [0, 0.05) is 11.8 Å². The molecule has 3 aromatic rings. The summed E-state index contributed by atoms with van der Waals surface area (Å²) in [7, 11) is 3.11. The van der Waals surface area contributed by atoms with E-state index in [9.17, 15) is 4.79 Å². The van der Waals surface area contributed by atoms with Crippen molar-refractivity contribution in [1.29, 1.82) is 0 Å². The lowest BCUT2D eigenvalue weighted by molar-refractivity contribution is 0.102. The Kier molecular flexibility index (Phi) is 5.37. The number of aromatic nitrogens is 2. The van der Waals surface area contributed by atoms with Gasteiger partial charge in [0.25, 0.3) is 5.91 Å². The second-order valence-corrected chi connectivity index (χ2v) is 6.33. The summed E-state index contributed by atoms with van der Waals surface area (Å²) in [5, 5.41) is 7.55. The van der Waals surface area contributed by atoms with E-state index in [2.05, 4.69) is 10.4 Å². The highest BCUT2D eigenvalue weighted by Gasteiger charge is 2.22. The lowest BCUT2D eigenvalue weighted by Crippen LogP contribution is -2.14. The molecule has 1 amide bonds. The van der Waals surface area contributed by atoms with Crippen LogP contribution in [-0.2, 0) is 0 Å². The number of hydrogen-bond acceptors (Lipinski definition) is 4. The molecule has 1 heterocycles. The quantitative estimate of drug-likeness (QED) is 0.706. The van der Waals surface area contributed by atoms with Gasteiger partial charge in [-0.1, -0.05) is 29.8 Å². The van der Waals surface area contributed by atoms with E-state index in [0.717, 1.165) is 11.3 Å². The standard InChI is InChI=1S/C20H20ClN3O3/c1-12-10-16(26-3)17(27-4)11-15(12)22-20(25)18-13(2)23-24(19(18)21)14-8-6-5-7-9-14/h5-11H,1-4H3,(H,22,25). The number of rotatable bonds is 5. The predicted molar refractivity (Wildman–Crippen MR) is 106 cm³/mol. The Morgan fingerprint density at radius 2 is 1.70 bits per heavy atom. The number of carbonyl (C=O) groups excluding carboxylic acids is 1. The lowest BCUT2D eigenvalue weighted by atomic mass is 10.1. The van der Waals surface area contributed by atoms with Gasteiger partial charge in [0.2, 0.25) is 0 Å². The zero-order valence-corrected chi connectivity index (χ0v) is 16.3. The molecule has 7 heteroatoms. The molecule has 0 aliphatic rings. The smallest absolute Gasteiger partial charge is 0.260 e. The number of nitrogens with zero attached hydrogens (tertiary/aromatic N) is 2. The number of halogens is 1. The fourth-order valence-corrected chi connectivity index (χ4v) is 3.16. The van der Waals surface area contributed by atoms with E-state index in [1.165, 1.54) is 0 Å². The maximum Gasteiger partial charge on any atom is 0.260 e. The summed E-state index contributed by atoms with van der Waals surface area (Å²) in [6.07, 6.45) is 0. The van der Waals surface area contributed by atoms with Crippen LogP contribution in [0.2, 0.25) is 5.15 Å². The van der Waals surface area contributed by atoms with Crippen LogP contribution in [0.5, 0.6) is 11.5 Å². The van der Waals surface area contributed by atoms with E-state index in [-0.39, 0.29) is 11.1 Å². The summed E-state index contributed by atoms with van der Waals surface area (Å²) < 4.78 is 12.1. The van der Waals surface area contributed by atoms with Crippen molar-refractivity contribution in [3.05, 3.63) is 64.4 Å². The average Bonchev–Trinajstić information content (AvgIpc) is 2.97. The Bertz CT molecular complexity index is 984. The predicted octanol–water partition coefficient (Wildman–Crippen LogP) is 4.41. The number of ether oxygens (including phenoxy) is 2. The number of aryl methyl sites for hydroxylation is 2. The molecule has 0 saturated carbocycles. The third-order valence-corrected chi connectivity index (χ3v) is 4.56. The minimum atomic E-state index is -0.338. The largest absolute Gasteiger partial charge is 0.493 e. The Hall–Kier alpha value is -2.99. The highest BCUT2D eigenvalue weighted by molar-refractivity contribution is 6.34. The first-order chi connectivity index (χ1) is 13.0.